The van der Waals surface area contributed by atoms with Crippen LogP contribution in [-0.4, -0.2) is 17.8 Å². The molecule has 0 aliphatic carbocycles. The predicted octanol–water partition coefficient (Wildman–Crippen LogP) is 1.66. The van der Waals surface area contributed by atoms with Crippen molar-refractivity contribution in [2.75, 3.05) is 11.5 Å². The Labute approximate surface area is 59.8 Å². The second kappa shape index (κ2) is 7.50. The summed E-state index contributed by atoms with van der Waals surface area (Å²) in [7, 11) is 0. The molecular weight excluding hydrogens is 132 g/mol. The molecule has 0 N–H and O–H groups in total. The first-order chi connectivity index (χ1) is 4.41. The monoisotopic (exact) mass is 142 g/mol. The average molecular weight is 142 g/mol. The summed E-state index contributed by atoms with van der Waals surface area (Å²) in [5, 5.41) is 0. The molecule has 0 radical (unpaired) electrons. The van der Waals surface area contributed by atoms with Gasteiger partial charge in [-0.15, -0.1) is 6.58 Å². The van der Waals surface area contributed by atoms with Gasteiger partial charge in [-0.2, -0.15) is 11.8 Å². The molecule has 1 nitrogen and oxygen atoms in total. The van der Waals surface area contributed by atoms with Crippen molar-refractivity contribution in [2.45, 2.75) is 0 Å². The van der Waals surface area contributed by atoms with Crippen molar-refractivity contribution in [3.63, 3.8) is 0 Å². The molecule has 0 amide bonds. The van der Waals surface area contributed by atoms with E-state index in [1.807, 2.05) is 12.2 Å². The Balaban J connectivity index is 2.98. The Morgan fingerprint density at radius 3 is 2.78 bits per heavy atom. The van der Waals surface area contributed by atoms with E-state index >= 15 is 0 Å². The first-order valence-electron chi connectivity index (χ1n) is 2.70. The highest BCUT2D eigenvalue weighted by atomic mass is 32.2. The number of thioether (sulfide) groups is 1. The maximum atomic E-state index is 9.72. The second-order valence-corrected chi connectivity index (χ2v) is 2.47. The van der Waals surface area contributed by atoms with Crippen LogP contribution in [-0.2, 0) is 4.79 Å². The average Bonchev–Trinajstić information content (AvgIpc) is 1.89. The van der Waals surface area contributed by atoms with E-state index in [0.717, 1.165) is 17.8 Å². The highest BCUT2D eigenvalue weighted by Gasteiger charge is 1.76. The number of hydrogen-bond acceptors (Lipinski definition) is 2. The smallest absolute Gasteiger partial charge is 0.142 e. The third-order valence-corrected chi connectivity index (χ3v) is 1.56. The molecule has 50 valence electrons. The SMILES string of the molecule is C=CCSC/C=C/C=O. The van der Waals surface area contributed by atoms with Crippen LogP contribution < -0.4 is 0 Å². The van der Waals surface area contributed by atoms with Gasteiger partial charge in [0.15, 0.2) is 0 Å². The van der Waals surface area contributed by atoms with Crippen molar-refractivity contribution >= 4 is 18.0 Å². The van der Waals surface area contributed by atoms with Crippen molar-refractivity contribution in [1.82, 2.24) is 0 Å². The Bertz CT molecular complexity index is 107. The van der Waals surface area contributed by atoms with Crippen molar-refractivity contribution < 1.29 is 4.79 Å². The number of rotatable bonds is 5. The molecule has 0 heterocycles. The van der Waals surface area contributed by atoms with E-state index in [9.17, 15) is 4.79 Å². The van der Waals surface area contributed by atoms with Crippen LogP contribution in [0.3, 0.4) is 0 Å². The van der Waals surface area contributed by atoms with Gasteiger partial charge in [-0.05, 0) is 6.08 Å². The molecule has 0 aromatic carbocycles. The second-order valence-electron chi connectivity index (χ2n) is 1.39. The summed E-state index contributed by atoms with van der Waals surface area (Å²) in [5.74, 6) is 1.84. The lowest BCUT2D eigenvalue weighted by Crippen LogP contribution is -1.72. The summed E-state index contributed by atoms with van der Waals surface area (Å²) >= 11 is 1.73. The van der Waals surface area contributed by atoms with Crippen LogP contribution in [0.2, 0.25) is 0 Å². The third-order valence-electron chi connectivity index (χ3n) is 0.664. The minimum Gasteiger partial charge on any atom is -0.299 e. The minimum atomic E-state index is 0.786. The number of hydrogen-bond donors (Lipinski definition) is 0. The van der Waals surface area contributed by atoms with Crippen molar-refractivity contribution in [3.05, 3.63) is 24.8 Å². The zero-order valence-corrected chi connectivity index (χ0v) is 6.06. The summed E-state index contributed by atoms with van der Waals surface area (Å²) < 4.78 is 0. The first kappa shape index (κ1) is 8.50. The van der Waals surface area contributed by atoms with E-state index in [2.05, 4.69) is 6.58 Å². The Morgan fingerprint density at radius 2 is 2.22 bits per heavy atom. The van der Waals surface area contributed by atoms with Crippen molar-refractivity contribution in [1.29, 1.82) is 0 Å². The van der Waals surface area contributed by atoms with Crippen LogP contribution in [0, 0.1) is 0 Å². The van der Waals surface area contributed by atoms with Crippen LogP contribution in [0.15, 0.2) is 24.8 Å². The number of aldehydes is 1. The molecule has 0 aromatic rings. The largest absolute Gasteiger partial charge is 0.299 e. The van der Waals surface area contributed by atoms with Gasteiger partial charge < -0.3 is 0 Å². The molecule has 2 heteroatoms. The van der Waals surface area contributed by atoms with E-state index in [0.29, 0.717) is 0 Å². The summed E-state index contributed by atoms with van der Waals surface area (Å²) in [5.41, 5.74) is 0. The van der Waals surface area contributed by atoms with Crippen LogP contribution in [0.5, 0.6) is 0 Å². The van der Waals surface area contributed by atoms with Gasteiger partial charge >= 0.3 is 0 Å². The topological polar surface area (TPSA) is 17.1 Å². The Morgan fingerprint density at radius 1 is 1.44 bits per heavy atom. The summed E-state index contributed by atoms with van der Waals surface area (Å²) in [4.78, 5) is 9.72. The fourth-order valence-corrected chi connectivity index (χ4v) is 0.880. The van der Waals surface area contributed by atoms with Gasteiger partial charge in [0.25, 0.3) is 0 Å². The van der Waals surface area contributed by atoms with Gasteiger partial charge in [0.1, 0.15) is 6.29 Å². The van der Waals surface area contributed by atoms with Crippen molar-refractivity contribution in [3.8, 4) is 0 Å². The molecule has 0 aromatic heterocycles. The van der Waals surface area contributed by atoms with E-state index < -0.39 is 0 Å². The maximum Gasteiger partial charge on any atom is 0.142 e. The summed E-state index contributed by atoms with van der Waals surface area (Å²) in [6.07, 6.45) is 5.98. The van der Waals surface area contributed by atoms with Crippen LogP contribution in [0.1, 0.15) is 0 Å². The standard InChI is InChI=1S/C7H10OS/c1-2-6-9-7-4-3-5-8/h2-5H,1,6-7H2/b4-3+. The molecule has 0 aliphatic heterocycles. The highest BCUT2D eigenvalue weighted by molar-refractivity contribution is 7.99. The number of carbonyl (C=O) groups is 1. The fraction of sp³-hybridized carbons (Fsp3) is 0.286. The van der Waals surface area contributed by atoms with Crippen molar-refractivity contribution in [2.24, 2.45) is 0 Å². The molecule has 9 heavy (non-hydrogen) atoms. The Hall–Kier alpha value is -0.500. The maximum absolute atomic E-state index is 9.72. The molecule has 0 saturated carbocycles. The third kappa shape index (κ3) is 7.50. The fourth-order valence-electron chi connectivity index (χ4n) is 0.331. The molecule has 0 unspecified atom stereocenters. The lowest BCUT2D eigenvalue weighted by Gasteiger charge is -1.86. The molecule has 0 fully saturated rings. The van der Waals surface area contributed by atoms with Gasteiger partial charge in [0, 0.05) is 11.5 Å². The van der Waals surface area contributed by atoms with E-state index in [4.69, 9.17) is 0 Å². The van der Waals surface area contributed by atoms with Gasteiger partial charge in [0.05, 0.1) is 0 Å². The molecular formula is C7H10OS. The highest BCUT2D eigenvalue weighted by Crippen LogP contribution is 1.98. The summed E-state index contributed by atoms with van der Waals surface area (Å²) in [6.45, 7) is 3.56. The zero-order valence-electron chi connectivity index (χ0n) is 5.25. The van der Waals surface area contributed by atoms with Gasteiger partial charge in [-0.3, -0.25) is 4.79 Å². The number of carbonyl (C=O) groups excluding carboxylic acids is 1. The quantitative estimate of drug-likeness (QED) is 0.251. The van der Waals surface area contributed by atoms with Gasteiger partial charge in [-0.25, -0.2) is 0 Å². The molecule has 0 rings (SSSR count). The molecule has 0 bridgehead atoms. The van der Waals surface area contributed by atoms with E-state index in [-0.39, 0.29) is 0 Å². The van der Waals surface area contributed by atoms with Crippen LogP contribution in [0.25, 0.3) is 0 Å². The van der Waals surface area contributed by atoms with Gasteiger partial charge in [0.2, 0.25) is 0 Å². The van der Waals surface area contributed by atoms with E-state index in [1.165, 1.54) is 6.08 Å². The molecule has 0 aliphatic rings. The predicted molar refractivity (Wildman–Crippen MR) is 42.7 cm³/mol. The van der Waals surface area contributed by atoms with Gasteiger partial charge in [-0.1, -0.05) is 12.2 Å². The van der Waals surface area contributed by atoms with Crippen LogP contribution >= 0.6 is 11.8 Å². The summed E-state index contributed by atoms with van der Waals surface area (Å²) in [6, 6.07) is 0. The van der Waals surface area contributed by atoms with Crippen LogP contribution in [0.4, 0.5) is 0 Å². The molecule has 0 saturated heterocycles. The lowest BCUT2D eigenvalue weighted by molar-refractivity contribution is -0.104. The normalized spacial score (nSPS) is 9.78. The zero-order chi connectivity index (χ0) is 6.95. The first-order valence-corrected chi connectivity index (χ1v) is 3.86. The molecule has 0 atom stereocenters. The molecule has 0 spiro atoms. The van der Waals surface area contributed by atoms with E-state index in [1.54, 1.807) is 11.8 Å². The lowest BCUT2D eigenvalue weighted by atomic mass is 10.6. The minimum absolute atomic E-state index is 0.786. The Kier molecular flexibility index (Phi) is 7.08. The number of allylic oxidation sites excluding steroid dienone is 1.